The van der Waals surface area contributed by atoms with E-state index in [1.54, 1.807) is 0 Å². The van der Waals surface area contributed by atoms with Gasteiger partial charge in [-0.3, -0.25) is 9.69 Å². The van der Waals surface area contributed by atoms with E-state index in [1.165, 1.54) is 37.1 Å². The van der Waals surface area contributed by atoms with Gasteiger partial charge in [-0.1, -0.05) is 30.3 Å². The average molecular weight is 377 g/mol. The Morgan fingerprint density at radius 1 is 1.00 bits per heavy atom. The van der Waals surface area contributed by atoms with Crippen molar-refractivity contribution in [2.24, 2.45) is 0 Å². The predicted molar refractivity (Wildman–Crippen MR) is 110 cm³/mol. The van der Waals surface area contributed by atoms with Gasteiger partial charge in [-0.15, -0.1) is 0 Å². The van der Waals surface area contributed by atoms with Crippen LogP contribution < -0.4 is 5.32 Å². The molecule has 1 aromatic carbocycles. The third-order valence-corrected chi connectivity index (χ3v) is 6.23. The summed E-state index contributed by atoms with van der Waals surface area (Å²) in [4.78, 5) is 19.8. The zero-order chi connectivity index (χ0) is 18.9. The minimum atomic E-state index is 0.0553. The van der Waals surface area contributed by atoms with Crippen LogP contribution in [0.4, 0.5) is 0 Å². The first-order chi connectivity index (χ1) is 13.8. The van der Waals surface area contributed by atoms with E-state index in [4.69, 9.17) is 4.98 Å². The molecular formula is C23H28N4O. The number of nitrogens with zero attached hydrogens (tertiary/aromatic N) is 3. The van der Waals surface area contributed by atoms with Crippen LogP contribution in [-0.2, 0) is 37.1 Å². The van der Waals surface area contributed by atoms with Gasteiger partial charge in [0, 0.05) is 26.1 Å². The fraction of sp³-hybridized carbons (Fsp3) is 0.478. The summed E-state index contributed by atoms with van der Waals surface area (Å²) in [5.74, 6) is 1.18. The van der Waals surface area contributed by atoms with Gasteiger partial charge < -0.3 is 9.88 Å². The van der Waals surface area contributed by atoms with Gasteiger partial charge in [0.2, 0.25) is 0 Å². The summed E-state index contributed by atoms with van der Waals surface area (Å²) in [5.41, 5.74) is 5.76. The third kappa shape index (κ3) is 3.39. The Kier molecular flexibility index (Phi) is 4.77. The number of allylic oxidation sites excluding steroid dienone is 1. The van der Waals surface area contributed by atoms with Gasteiger partial charge in [-0.05, 0) is 56.3 Å². The van der Waals surface area contributed by atoms with Crippen LogP contribution in [0.5, 0.6) is 0 Å². The molecule has 5 nitrogen and oxygen atoms in total. The van der Waals surface area contributed by atoms with Crippen molar-refractivity contribution in [2.45, 2.75) is 51.6 Å². The number of hydrogen-bond donors (Lipinski definition) is 1. The van der Waals surface area contributed by atoms with Crippen LogP contribution >= 0.6 is 0 Å². The number of aromatic nitrogens is 2. The largest absolute Gasteiger partial charge is 0.350 e. The zero-order valence-corrected chi connectivity index (χ0v) is 16.4. The van der Waals surface area contributed by atoms with Crippen molar-refractivity contribution in [3.05, 3.63) is 58.7 Å². The van der Waals surface area contributed by atoms with Crippen LogP contribution in [0.3, 0.4) is 0 Å². The average Bonchev–Trinajstić information content (AvgIpc) is 3.31. The minimum Gasteiger partial charge on any atom is -0.350 e. The maximum atomic E-state index is 12.3. The second kappa shape index (κ2) is 7.55. The summed E-state index contributed by atoms with van der Waals surface area (Å²) in [7, 11) is 0. The van der Waals surface area contributed by atoms with Crippen molar-refractivity contribution in [3.8, 4) is 0 Å². The number of rotatable bonds is 5. The molecule has 1 N–H and O–H groups in total. The van der Waals surface area contributed by atoms with Crippen LogP contribution in [0.15, 0.2) is 30.3 Å². The number of carbonyl (C=O) groups excluding carboxylic acids is 1. The lowest BCUT2D eigenvalue weighted by Gasteiger charge is -2.14. The maximum Gasteiger partial charge on any atom is 0.253 e. The maximum absolute atomic E-state index is 12.3. The van der Waals surface area contributed by atoms with Gasteiger partial charge in [-0.25, -0.2) is 4.98 Å². The van der Waals surface area contributed by atoms with Crippen LogP contribution in [0.1, 0.15) is 47.6 Å². The molecule has 1 aliphatic carbocycles. The molecule has 1 fully saturated rings. The number of imidazole rings is 1. The predicted octanol–water partition coefficient (Wildman–Crippen LogP) is 2.72. The van der Waals surface area contributed by atoms with Crippen molar-refractivity contribution >= 4 is 11.5 Å². The van der Waals surface area contributed by atoms with Crippen molar-refractivity contribution < 1.29 is 4.79 Å². The Hall–Kier alpha value is -2.40. The molecule has 5 rings (SSSR count). The van der Waals surface area contributed by atoms with Gasteiger partial charge >= 0.3 is 0 Å². The lowest BCUT2D eigenvalue weighted by atomic mass is 10.00. The monoisotopic (exact) mass is 376 g/mol. The Morgan fingerprint density at radius 3 is 2.61 bits per heavy atom. The van der Waals surface area contributed by atoms with Crippen molar-refractivity contribution in [1.29, 1.82) is 0 Å². The second-order valence-electron chi connectivity index (χ2n) is 8.19. The first kappa shape index (κ1) is 17.7. The summed E-state index contributed by atoms with van der Waals surface area (Å²) in [6.07, 6.45) is 8.51. The molecule has 3 heterocycles. The molecule has 28 heavy (non-hydrogen) atoms. The smallest absolute Gasteiger partial charge is 0.253 e. The molecule has 3 aliphatic rings. The normalized spacial score (nSPS) is 19.1. The Bertz CT molecular complexity index is 903. The molecule has 0 bridgehead atoms. The molecule has 1 aromatic heterocycles. The van der Waals surface area contributed by atoms with E-state index in [0.29, 0.717) is 6.54 Å². The molecule has 2 aliphatic heterocycles. The van der Waals surface area contributed by atoms with Crippen LogP contribution in [0.25, 0.3) is 5.57 Å². The molecule has 0 atom stereocenters. The summed E-state index contributed by atoms with van der Waals surface area (Å²) in [6.45, 7) is 5.05. The molecule has 1 saturated heterocycles. The number of benzene rings is 1. The van der Waals surface area contributed by atoms with Crippen molar-refractivity contribution in [1.82, 2.24) is 19.8 Å². The quantitative estimate of drug-likeness (QED) is 0.873. The Labute approximate surface area is 166 Å². The van der Waals surface area contributed by atoms with E-state index >= 15 is 0 Å². The summed E-state index contributed by atoms with van der Waals surface area (Å²) in [6, 6.07) is 9.10. The molecule has 5 heteroatoms. The Balaban J connectivity index is 1.29. The number of carbonyl (C=O) groups is 1. The lowest BCUT2D eigenvalue weighted by Crippen LogP contribution is -2.25. The summed E-state index contributed by atoms with van der Waals surface area (Å²) in [5, 5.41) is 3.02. The number of nitrogens with one attached hydrogen (secondary N) is 1. The molecule has 0 unspecified atom stereocenters. The SMILES string of the molecule is O=C1NCCn2c(CCc3ccc(CN4CCCC4)cc3)nc3c2C1=CCC3. The molecule has 2 aromatic rings. The standard InChI is InChI=1S/C23H28N4O/c28-23-19-4-3-5-20-22(19)27(15-12-24-23)21(25-20)11-10-17-6-8-18(9-7-17)16-26-13-1-2-14-26/h4,6-9H,1-3,5,10-16H2,(H,24,28). The van der Waals surface area contributed by atoms with E-state index in [0.717, 1.165) is 61.6 Å². The van der Waals surface area contributed by atoms with Gasteiger partial charge in [0.05, 0.1) is 17.0 Å². The molecule has 1 amide bonds. The third-order valence-electron chi connectivity index (χ3n) is 6.23. The summed E-state index contributed by atoms with van der Waals surface area (Å²) >= 11 is 0. The van der Waals surface area contributed by atoms with Crippen molar-refractivity contribution in [3.63, 3.8) is 0 Å². The molecular weight excluding hydrogens is 348 g/mol. The topological polar surface area (TPSA) is 50.2 Å². The zero-order valence-electron chi connectivity index (χ0n) is 16.4. The summed E-state index contributed by atoms with van der Waals surface area (Å²) < 4.78 is 2.28. The van der Waals surface area contributed by atoms with Crippen LogP contribution in [0, 0.1) is 0 Å². The Morgan fingerprint density at radius 2 is 1.79 bits per heavy atom. The molecule has 0 spiro atoms. The van der Waals surface area contributed by atoms with Gasteiger partial charge in [0.1, 0.15) is 5.82 Å². The van der Waals surface area contributed by atoms with Gasteiger partial charge in [0.25, 0.3) is 5.91 Å². The van der Waals surface area contributed by atoms with Crippen molar-refractivity contribution in [2.75, 3.05) is 19.6 Å². The number of hydrogen-bond acceptors (Lipinski definition) is 3. The number of amides is 1. The highest BCUT2D eigenvalue weighted by Crippen LogP contribution is 2.29. The van der Waals surface area contributed by atoms with E-state index in [1.807, 2.05) is 0 Å². The number of likely N-dealkylation sites (tertiary alicyclic amines) is 1. The minimum absolute atomic E-state index is 0.0553. The van der Waals surface area contributed by atoms with Gasteiger partial charge in [0.15, 0.2) is 0 Å². The second-order valence-corrected chi connectivity index (χ2v) is 8.19. The molecule has 0 saturated carbocycles. The molecule has 0 radical (unpaired) electrons. The fourth-order valence-electron chi connectivity index (χ4n) is 4.75. The van der Waals surface area contributed by atoms with Gasteiger partial charge in [-0.2, -0.15) is 0 Å². The molecule has 146 valence electrons. The highest BCUT2D eigenvalue weighted by Gasteiger charge is 2.28. The van der Waals surface area contributed by atoms with E-state index in [2.05, 4.69) is 45.1 Å². The highest BCUT2D eigenvalue weighted by molar-refractivity contribution is 6.19. The van der Waals surface area contributed by atoms with E-state index in [-0.39, 0.29) is 5.91 Å². The van der Waals surface area contributed by atoms with Crippen LogP contribution in [0.2, 0.25) is 0 Å². The lowest BCUT2D eigenvalue weighted by molar-refractivity contribution is -0.115. The first-order valence-corrected chi connectivity index (χ1v) is 10.6. The highest BCUT2D eigenvalue weighted by atomic mass is 16.1. The van der Waals surface area contributed by atoms with E-state index in [9.17, 15) is 4.79 Å². The van der Waals surface area contributed by atoms with E-state index < -0.39 is 0 Å². The van der Waals surface area contributed by atoms with Crippen LogP contribution in [-0.4, -0.2) is 40.0 Å². The fourth-order valence-corrected chi connectivity index (χ4v) is 4.75. The first-order valence-electron chi connectivity index (χ1n) is 10.6. The number of aryl methyl sites for hydroxylation is 3.